The van der Waals surface area contributed by atoms with E-state index in [9.17, 15) is 0 Å². The van der Waals surface area contributed by atoms with E-state index in [2.05, 4.69) is 15.9 Å². The van der Waals surface area contributed by atoms with E-state index < -0.39 is 6.04 Å². The molecule has 0 amide bonds. The van der Waals surface area contributed by atoms with E-state index in [0.29, 0.717) is 11.6 Å². The monoisotopic (exact) mass is 293 g/mol. The maximum atomic E-state index is 8.93. The Kier molecular flexibility index (Phi) is 5.02. The van der Waals surface area contributed by atoms with Gasteiger partial charge in [-0.3, -0.25) is 0 Å². The van der Waals surface area contributed by atoms with Crippen molar-refractivity contribution in [1.82, 2.24) is 0 Å². The van der Waals surface area contributed by atoms with Crippen molar-refractivity contribution in [2.45, 2.75) is 12.6 Å². The molecule has 0 fully saturated rings. The molecule has 0 bridgehead atoms. The third-order valence-corrected chi connectivity index (χ3v) is 3.12. The minimum atomic E-state index is -0.407. The summed E-state index contributed by atoms with van der Waals surface area (Å²) < 4.78 is 5.86. The van der Waals surface area contributed by atoms with Crippen LogP contribution in [0.25, 0.3) is 0 Å². The highest BCUT2D eigenvalue weighted by molar-refractivity contribution is 9.10. The Bertz CT molecular complexity index is 323. The maximum Gasteiger partial charge on any atom is 0.0738 e. The molecule has 1 aromatic rings. The molecule has 0 aromatic heterocycles. The van der Waals surface area contributed by atoms with Gasteiger partial charge in [-0.15, -0.1) is 0 Å². The summed E-state index contributed by atoms with van der Waals surface area (Å²) in [4.78, 5) is 0. The molecule has 1 aromatic carbocycles. The second-order valence-corrected chi connectivity index (χ2v) is 4.45. The van der Waals surface area contributed by atoms with Gasteiger partial charge in [0.25, 0.3) is 0 Å². The van der Waals surface area contributed by atoms with Crippen LogP contribution in [0.3, 0.4) is 0 Å². The lowest BCUT2D eigenvalue weighted by Gasteiger charge is -2.13. The van der Waals surface area contributed by atoms with Crippen LogP contribution in [0.2, 0.25) is 5.02 Å². The van der Waals surface area contributed by atoms with Crippen LogP contribution in [-0.2, 0) is 11.3 Å². The number of hydrogen-bond donors (Lipinski definition) is 2. The highest BCUT2D eigenvalue weighted by Crippen LogP contribution is 2.29. The minimum absolute atomic E-state index is 0.105. The number of aliphatic hydroxyl groups is 1. The van der Waals surface area contributed by atoms with E-state index >= 15 is 0 Å². The molecule has 0 heterocycles. The Morgan fingerprint density at radius 1 is 1.60 bits per heavy atom. The van der Waals surface area contributed by atoms with E-state index in [1.807, 2.05) is 6.07 Å². The zero-order valence-corrected chi connectivity index (χ0v) is 10.7. The fraction of sp³-hybridized carbons (Fsp3) is 0.400. The predicted molar refractivity (Wildman–Crippen MR) is 63.9 cm³/mol. The van der Waals surface area contributed by atoms with Crippen LogP contribution in [0.4, 0.5) is 0 Å². The number of ether oxygens (including phenoxy) is 1. The molecule has 1 unspecified atom stereocenters. The van der Waals surface area contributed by atoms with Crippen LogP contribution in [0.5, 0.6) is 0 Å². The average Bonchev–Trinajstić information content (AvgIpc) is 2.22. The zero-order chi connectivity index (χ0) is 11.4. The Morgan fingerprint density at radius 2 is 2.27 bits per heavy atom. The summed E-state index contributed by atoms with van der Waals surface area (Å²) in [7, 11) is 1.61. The SMILES string of the molecule is COCc1c(Cl)cc(C(N)CO)cc1Br. The molecule has 5 heteroatoms. The van der Waals surface area contributed by atoms with Crippen molar-refractivity contribution in [2.24, 2.45) is 5.73 Å². The van der Waals surface area contributed by atoms with Gasteiger partial charge in [0.05, 0.1) is 19.3 Å². The molecule has 0 saturated carbocycles. The van der Waals surface area contributed by atoms with Gasteiger partial charge < -0.3 is 15.6 Å². The first-order valence-corrected chi connectivity index (χ1v) is 5.60. The standard InChI is InChI=1S/C10H13BrClNO2/c1-15-5-7-8(11)2-6(3-9(7)12)10(13)4-14/h2-3,10,14H,4-5,13H2,1H3. The lowest BCUT2D eigenvalue weighted by Crippen LogP contribution is -2.14. The summed E-state index contributed by atoms with van der Waals surface area (Å²) in [5, 5.41) is 9.52. The highest BCUT2D eigenvalue weighted by Gasteiger charge is 2.11. The normalized spacial score (nSPS) is 12.9. The number of nitrogens with two attached hydrogens (primary N) is 1. The quantitative estimate of drug-likeness (QED) is 0.895. The highest BCUT2D eigenvalue weighted by atomic mass is 79.9. The fourth-order valence-electron chi connectivity index (χ4n) is 1.22. The average molecular weight is 295 g/mol. The van der Waals surface area contributed by atoms with Crippen LogP contribution < -0.4 is 5.73 Å². The second kappa shape index (κ2) is 5.82. The Hall–Kier alpha value is -0.130. The van der Waals surface area contributed by atoms with Crippen molar-refractivity contribution < 1.29 is 9.84 Å². The molecule has 0 radical (unpaired) electrons. The zero-order valence-electron chi connectivity index (χ0n) is 8.34. The largest absolute Gasteiger partial charge is 0.394 e. The second-order valence-electron chi connectivity index (χ2n) is 3.19. The first-order chi connectivity index (χ1) is 7.10. The molecule has 3 nitrogen and oxygen atoms in total. The van der Waals surface area contributed by atoms with Gasteiger partial charge in [-0.2, -0.15) is 0 Å². The van der Waals surface area contributed by atoms with Crippen molar-refractivity contribution in [1.29, 1.82) is 0 Å². The van der Waals surface area contributed by atoms with E-state index in [-0.39, 0.29) is 6.61 Å². The summed E-state index contributed by atoms with van der Waals surface area (Å²) in [5.41, 5.74) is 7.38. The van der Waals surface area contributed by atoms with Crippen LogP contribution in [0.1, 0.15) is 17.2 Å². The van der Waals surface area contributed by atoms with Crippen molar-refractivity contribution in [2.75, 3.05) is 13.7 Å². The lowest BCUT2D eigenvalue weighted by atomic mass is 10.1. The lowest BCUT2D eigenvalue weighted by molar-refractivity contribution is 0.184. The van der Waals surface area contributed by atoms with Crippen molar-refractivity contribution in [3.05, 3.63) is 32.8 Å². The van der Waals surface area contributed by atoms with Gasteiger partial charge in [0.1, 0.15) is 0 Å². The van der Waals surface area contributed by atoms with Crippen molar-refractivity contribution in [3.8, 4) is 0 Å². The molecule has 0 aliphatic rings. The van der Waals surface area contributed by atoms with Gasteiger partial charge in [-0.25, -0.2) is 0 Å². The fourth-order valence-corrected chi connectivity index (χ4v) is 2.21. The number of halogens is 2. The van der Waals surface area contributed by atoms with Gasteiger partial charge in [-0.1, -0.05) is 27.5 Å². The van der Waals surface area contributed by atoms with Crippen LogP contribution in [0.15, 0.2) is 16.6 Å². The molecular weight excluding hydrogens is 281 g/mol. The van der Waals surface area contributed by atoms with E-state index in [1.54, 1.807) is 13.2 Å². The molecular formula is C10H13BrClNO2. The molecule has 1 rings (SSSR count). The van der Waals surface area contributed by atoms with Gasteiger partial charge in [0.2, 0.25) is 0 Å². The van der Waals surface area contributed by atoms with Crippen LogP contribution in [-0.4, -0.2) is 18.8 Å². The maximum absolute atomic E-state index is 8.93. The Balaban J connectivity index is 3.07. The molecule has 0 aliphatic carbocycles. The number of aliphatic hydroxyl groups excluding tert-OH is 1. The third kappa shape index (κ3) is 3.16. The summed E-state index contributed by atoms with van der Waals surface area (Å²) in [6.07, 6.45) is 0. The number of hydrogen-bond acceptors (Lipinski definition) is 3. The summed E-state index contributed by atoms with van der Waals surface area (Å²) in [6.45, 7) is 0.334. The van der Waals surface area contributed by atoms with Gasteiger partial charge in [-0.05, 0) is 17.7 Å². The summed E-state index contributed by atoms with van der Waals surface area (Å²) in [5.74, 6) is 0. The predicted octanol–water partition coefficient (Wildman–Crippen LogP) is 2.24. The molecule has 1 atom stereocenters. The van der Waals surface area contributed by atoms with E-state index in [4.69, 9.17) is 27.2 Å². The molecule has 0 aliphatic heterocycles. The molecule has 0 spiro atoms. The number of methoxy groups -OCH3 is 1. The first-order valence-electron chi connectivity index (χ1n) is 4.43. The topological polar surface area (TPSA) is 55.5 Å². The smallest absolute Gasteiger partial charge is 0.0738 e. The van der Waals surface area contributed by atoms with Gasteiger partial charge in [0, 0.05) is 22.2 Å². The summed E-state index contributed by atoms with van der Waals surface area (Å²) >= 11 is 9.46. The minimum Gasteiger partial charge on any atom is -0.394 e. The number of benzene rings is 1. The molecule has 15 heavy (non-hydrogen) atoms. The molecule has 0 saturated heterocycles. The molecule has 3 N–H and O–H groups in total. The third-order valence-electron chi connectivity index (χ3n) is 2.08. The van der Waals surface area contributed by atoms with Crippen molar-refractivity contribution in [3.63, 3.8) is 0 Å². The summed E-state index contributed by atoms with van der Waals surface area (Å²) in [6, 6.07) is 3.19. The van der Waals surface area contributed by atoms with Gasteiger partial charge in [0.15, 0.2) is 0 Å². The van der Waals surface area contributed by atoms with E-state index in [1.165, 1.54) is 0 Å². The Labute approximate surface area is 102 Å². The van der Waals surface area contributed by atoms with Crippen LogP contribution >= 0.6 is 27.5 Å². The first kappa shape index (κ1) is 12.9. The van der Waals surface area contributed by atoms with Gasteiger partial charge >= 0.3 is 0 Å². The molecule has 84 valence electrons. The number of rotatable bonds is 4. The van der Waals surface area contributed by atoms with E-state index in [0.717, 1.165) is 15.6 Å². The van der Waals surface area contributed by atoms with Crippen LogP contribution in [0, 0.1) is 0 Å². The Morgan fingerprint density at radius 3 is 2.73 bits per heavy atom. The van der Waals surface area contributed by atoms with Crippen molar-refractivity contribution >= 4 is 27.5 Å².